The van der Waals surface area contributed by atoms with Crippen molar-refractivity contribution in [1.82, 2.24) is 10.6 Å². The summed E-state index contributed by atoms with van der Waals surface area (Å²) in [4.78, 5) is 46.1. The van der Waals surface area contributed by atoms with E-state index in [0.29, 0.717) is 25.2 Å². The van der Waals surface area contributed by atoms with Crippen LogP contribution in [0.3, 0.4) is 0 Å². The Labute approximate surface area is 172 Å². The van der Waals surface area contributed by atoms with E-state index < -0.39 is 29.4 Å². The van der Waals surface area contributed by atoms with Gasteiger partial charge in [0.05, 0.1) is 10.5 Å². The molecule has 10 nitrogen and oxygen atoms in total. The van der Waals surface area contributed by atoms with Gasteiger partial charge >= 0.3 is 12.0 Å². The van der Waals surface area contributed by atoms with Crippen LogP contribution in [0.25, 0.3) is 0 Å². The highest BCUT2D eigenvalue weighted by molar-refractivity contribution is 5.99. The average Bonchev–Trinajstić information content (AvgIpc) is 2.75. The molecular formula is C20H22N4O6. The normalized spacial score (nSPS) is 10.0. The number of nitrogens with zero attached hydrogens (tertiary/aromatic N) is 1. The topological polar surface area (TPSA) is 140 Å². The van der Waals surface area contributed by atoms with E-state index in [9.17, 15) is 24.5 Å². The molecule has 2 aromatic carbocycles. The van der Waals surface area contributed by atoms with Gasteiger partial charge in [-0.25, -0.2) is 9.59 Å². The number of carbonyl (C=O) groups is 3. The number of nitro groups is 1. The quantitative estimate of drug-likeness (QED) is 0.325. The maximum atomic E-state index is 12.4. The van der Waals surface area contributed by atoms with Crippen LogP contribution in [0.4, 0.5) is 16.2 Å². The number of hydrogen-bond donors (Lipinski definition) is 3. The molecule has 158 valence electrons. The SMILES string of the molecule is CCCNC(=O)NC(=O)COC(=O)c1cc([N+](=O)[O-])ccc1NCc1ccccc1. The molecule has 0 unspecified atom stereocenters. The number of rotatable bonds is 9. The molecule has 0 spiro atoms. The summed E-state index contributed by atoms with van der Waals surface area (Å²) in [6, 6.07) is 12.4. The van der Waals surface area contributed by atoms with E-state index in [0.717, 1.165) is 11.6 Å². The molecule has 0 aliphatic rings. The zero-order chi connectivity index (χ0) is 21.9. The first-order valence-corrected chi connectivity index (χ1v) is 9.21. The second-order valence-corrected chi connectivity index (χ2v) is 6.21. The van der Waals surface area contributed by atoms with Crippen molar-refractivity contribution in [3.8, 4) is 0 Å². The molecule has 30 heavy (non-hydrogen) atoms. The Balaban J connectivity index is 2.05. The summed E-state index contributed by atoms with van der Waals surface area (Å²) >= 11 is 0. The number of nitrogens with one attached hydrogen (secondary N) is 3. The fraction of sp³-hybridized carbons (Fsp3) is 0.250. The summed E-state index contributed by atoms with van der Waals surface area (Å²) in [6.45, 7) is 1.91. The van der Waals surface area contributed by atoms with Crippen LogP contribution in [-0.2, 0) is 16.1 Å². The number of benzene rings is 2. The van der Waals surface area contributed by atoms with Crippen molar-refractivity contribution in [3.63, 3.8) is 0 Å². The Morgan fingerprint density at radius 1 is 1.10 bits per heavy atom. The first-order chi connectivity index (χ1) is 14.4. The predicted octanol–water partition coefficient (Wildman–Crippen LogP) is 2.60. The zero-order valence-electron chi connectivity index (χ0n) is 16.3. The zero-order valence-corrected chi connectivity index (χ0v) is 16.3. The minimum absolute atomic E-state index is 0.0941. The average molecular weight is 414 g/mol. The van der Waals surface area contributed by atoms with Gasteiger partial charge in [0.2, 0.25) is 0 Å². The van der Waals surface area contributed by atoms with Crippen molar-refractivity contribution in [3.05, 3.63) is 69.8 Å². The Bertz CT molecular complexity index is 917. The maximum absolute atomic E-state index is 12.4. The number of hydrogen-bond acceptors (Lipinski definition) is 7. The molecule has 0 bridgehead atoms. The Morgan fingerprint density at radius 3 is 2.50 bits per heavy atom. The predicted molar refractivity (Wildman–Crippen MR) is 109 cm³/mol. The minimum Gasteiger partial charge on any atom is -0.452 e. The van der Waals surface area contributed by atoms with Crippen LogP contribution in [0.2, 0.25) is 0 Å². The summed E-state index contributed by atoms with van der Waals surface area (Å²) in [5.74, 6) is -1.75. The monoisotopic (exact) mass is 414 g/mol. The number of non-ortho nitro benzene ring substituents is 1. The van der Waals surface area contributed by atoms with Crippen LogP contribution >= 0.6 is 0 Å². The van der Waals surface area contributed by atoms with Gasteiger partial charge in [-0.3, -0.25) is 20.2 Å². The number of anilines is 1. The third-order valence-electron chi connectivity index (χ3n) is 3.88. The summed E-state index contributed by atoms with van der Waals surface area (Å²) in [6.07, 6.45) is 0.697. The smallest absolute Gasteiger partial charge is 0.341 e. The van der Waals surface area contributed by atoms with Crippen molar-refractivity contribution in [2.75, 3.05) is 18.5 Å². The highest BCUT2D eigenvalue weighted by Crippen LogP contribution is 2.23. The highest BCUT2D eigenvalue weighted by Gasteiger charge is 2.19. The van der Waals surface area contributed by atoms with Crippen LogP contribution in [-0.4, -0.2) is 36.0 Å². The second-order valence-electron chi connectivity index (χ2n) is 6.21. The summed E-state index contributed by atoms with van der Waals surface area (Å²) in [5, 5.41) is 18.6. The Morgan fingerprint density at radius 2 is 1.83 bits per heavy atom. The van der Waals surface area contributed by atoms with Crippen molar-refractivity contribution >= 4 is 29.3 Å². The van der Waals surface area contributed by atoms with Crippen LogP contribution in [0.1, 0.15) is 29.3 Å². The minimum atomic E-state index is -0.932. The van der Waals surface area contributed by atoms with Gasteiger partial charge in [0, 0.05) is 30.9 Å². The molecule has 2 rings (SSSR count). The first-order valence-electron chi connectivity index (χ1n) is 9.21. The fourth-order valence-corrected chi connectivity index (χ4v) is 2.42. The molecule has 0 atom stereocenters. The van der Waals surface area contributed by atoms with E-state index in [1.54, 1.807) is 0 Å². The number of esters is 1. The third kappa shape index (κ3) is 6.89. The van der Waals surface area contributed by atoms with E-state index in [1.165, 1.54) is 12.1 Å². The standard InChI is InChI=1S/C20H22N4O6/c1-2-10-21-20(27)23-18(25)13-30-19(26)16-11-15(24(28)29)8-9-17(16)22-12-14-6-4-3-5-7-14/h3-9,11,22H,2,10,12-13H2,1H3,(H2,21,23,25,27). The second kappa shape index (κ2) is 11.1. The van der Waals surface area contributed by atoms with E-state index in [1.807, 2.05) is 42.6 Å². The Kier molecular flexibility index (Phi) is 8.30. The van der Waals surface area contributed by atoms with Crippen LogP contribution in [0.15, 0.2) is 48.5 Å². The van der Waals surface area contributed by atoms with Crippen LogP contribution in [0, 0.1) is 10.1 Å². The van der Waals surface area contributed by atoms with Crippen molar-refractivity contribution in [2.45, 2.75) is 19.9 Å². The van der Waals surface area contributed by atoms with Crippen molar-refractivity contribution in [1.29, 1.82) is 0 Å². The molecule has 0 saturated carbocycles. The molecule has 0 aliphatic carbocycles. The first kappa shape index (κ1) is 22.3. The largest absolute Gasteiger partial charge is 0.452 e. The maximum Gasteiger partial charge on any atom is 0.341 e. The van der Waals surface area contributed by atoms with E-state index >= 15 is 0 Å². The molecule has 0 aromatic heterocycles. The van der Waals surface area contributed by atoms with Crippen LogP contribution < -0.4 is 16.0 Å². The lowest BCUT2D eigenvalue weighted by Gasteiger charge is -2.12. The lowest BCUT2D eigenvalue weighted by atomic mass is 10.1. The van der Waals surface area contributed by atoms with Crippen LogP contribution in [0.5, 0.6) is 0 Å². The molecule has 0 radical (unpaired) electrons. The number of amides is 3. The van der Waals surface area contributed by atoms with E-state index in [2.05, 4.69) is 10.6 Å². The molecule has 0 heterocycles. The number of urea groups is 1. The number of imide groups is 1. The molecule has 3 N–H and O–H groups in total. The number of nitro benzene ring substituents is 1. The molecule has 10 heteroatoms. The third-order valence-corrected chi connectivity index (χ3v) is 3.88. The van der Waals surface area contributed by atoms with Gasteiger partial charge < -0.3 is 15.4 Å². The summed E-state index contributed by atoms with van der Waals surface area (Å²) in [7, 11) is 0. The Hall–Kier alpha value is -3.95. The lowest BCUT2D eigenvalue weighted by Crippen LogP contribution is -2.41. The molecule has 3 amide bonds. The van der Waals surface area contributed by atoms with E-state index in [4.69, 9.17) is 4.74 Å². The molecule has 0 aliphatic heterocycles. The fourth-order valence-electron chi connectivity index (χ4n) is 2.42. The molecule has 2 aromatic rings. The van der Waals surface area contributed by atoms with Gasteiger partial charge in [-0.2, -0.15) is 0 Å². The highest BCUT2D eigenvalue weighted by atomic mass is 16.6. The van der Waals surface area contributed by atoms with Gasteiger partial charge in [-0.15, -0.1) is 0 Å². The van der Waals surface area contributed by atoms with Gasteiger partial charge in [-0.1, -0.05) is 37.3 Å². The lowest BCUT2D eigenvalue weighted by molar-refractivity contribution is -0.384. The summed E-state index contributed by atoms with van der Waals surface area (Å²) < 4.78 is 4.93. The van der Waals surface area contributed by atoms with Gasteiger partial charge in [0.25, 0.3) is 11.6 Å². The number of carbonyl (C=O) groups excluding carboxylic acids is 3. The van der Waals surface area contributed by atoms with Crippen molar-refractivity contribution < 1.29 is 24.0 Å². The number of ether oxygens (including phenoxy) is 1. The summed E-state index contributed by atoms with van der Waals surface area (Å²) in [5.41, 5.74) is 0.863. The van der Waals surface area contributed by atoms with E-state index in [-0.39, 0.29) is 11.3 Å². The van der Waals surface area contributed by atoms with Gasteiger partial charge in [0.1, 0.15) is 0 Å². The molecular weight excluding hydrogens is 392 g/mol. The molecule has 0 fully saturated rings. The van der Waals surface area contributed by atoms with Gasteiger partial charge in [-0.05, 0) is 18.1 Å². The van der Waals surface area contributed by atoms with Gasteiger partial charge in [0.15, 0.2) is 6.61 Å². The van der Waals surface area contributed by atoms with Crippen molar-refractivity contribution in [2.24, 2.45) is 0 Å². The molecule has 0 saturated heterocycles.